The number of hydrogen-bond donors (Lipinski definition) is 1. The Hall–Kier alpha value is -1.10. The molecule has 0 aliphatic heterocycles. The molecular weight excluding hydrogens is 164 g/mol. The van der Waals surface area contributed by atoms with Crippen molar-refractivity contribution in [1.29, 1.82) is 0 Å². The second kappa shape index (κ2) is 6.60. The molecule has 0 heterocycles. The Bertz CT molecular complexity index is 154. The maximum absolute atomic E-state index is 10.7. The van der Waals surface area contributed by atoms with Crippen LogP contribution in [0, 0.1) is 0 Å². The summed E-state index contributed by atoms with van der Waals surface area (Å²) in [4.78, 5) is 21.2. The third-order valence-corrected chi connectivity index (χ3v) is 0.981. The van der Waals surface area contributed by atoms with E-state index < -0.39 is 25.2 Å². The highest BCUT2D eigenvalue weighted by Crippen LogP contribution is 1.91. The molecule has 0 fully saturated rings. The molecule has 0 aliphatic rings. The standard InChI is InChI=1S/C7H12O5/c1-2-3-11-6(9)4-7(10)12-5-8/h8H,2-5H2,1H3. The van der Waals surface area contributed by atoms with Gasteiger partial charge in [-0.2, -0.15) is 0 Å². The van der Waals surface area contributed by atoms with Crippen molar-refractivity contribution in [2.24, 2.45) is 0 Å². The zero-order valence-electron chi connectivity index (χ0n) is 6.91. The highest BCUT2D eigenvalue weighted by atomic mass is 16.6. The van der Waals surface area contributed by atoms with Crippen molar-refractivity contribution >= 4 is 11.9 Å². The fraction of sp³-hybridized carbons (Fsp3) is 0.714. The molecule has 12 heavy (non-hydrogen) atoms. The van der Waals surface area contributed by atoms with Crippen LogP contribution in [0.4, 0.5) is 0 Å². The van der Waals surface area contributed by atoms with E-state index in [9.17, 15) is 9.59 Å². The Morgan fingerprint density at radius 1 is 1.25 bits per heavy atom. The van der Waals surface area contributed by atoms with Crippen LogP contribution in [-0.4, -0.2) is 30.4 Å². The molecule has 0 aromatic rings. The van der Waals surface area contributed by atoms with E-state index in [1.165, 1.54) is 0 Å². The fourth-order valence-corrected chi connectivity index (χ4v) is 0.508. The molecule has 0 radical (unpaired) electrons. The maximum atomic E-state index is 10.7. The van der Waals surface area contributed by atoms with Crippen molar-refractivity contribution in [2.75, 3.05) is 13.4 Å². The van der Waals surface area contributed by atoms with E-state index in [2.05, 4.69) is 9.47 Å². The van der Waals surface area contributed by atoms with Crippen molar-refractivity contribution in [3.63, 3.8) is 0 Å². The summed E-state index contributed by atoms with van der Waals surface area (Å²) >= 11 is 0. The Balaban J connectivity index is 3.47. The number of aliphatic hydroxyl groups excluding tert-OH is 1. The van der Waals surface area contributed by atoms with Crippen LogP contribution in [0.2, 0.25) is 0 Å². The summed E-state index contributed by atoms with van der Waals surface area (Å²) in [7, 11) is 0. The van der Waals surface area contributed by atoms with Crippen LogP contribution in [0.3, 0.4) is 0 Å². The van der Waals surface area contributed by atoms with Gasteiger partial charge < -0.3 is 14.6 Å². The number of aliphatic hydroxyl groups is 1. The Labute approximate surface area is 70.3 Å². The zero-order chi connectivity index (χ0) is 9.40. The molecule has 0 spiro atoms. The molecule has 70 valence electrons. The molecule has 0 aromatic heterocycles. The van der Waals surface area contributed by atoms with Crippen LogP contribution in [-0.2, 0) is 19.1 Å². The summed E-state index contributed by atoms with van der Waals surface area (Å²) in [5.41, 5.74) is 0. The van der Waals surface area contributed by atoms with Crippen LogP contribution in [0.25, 0.3) is 0 Å². The molecule has 0 unspecified atom stereocenters. The minimum atomic E-state index is -0.779. The molecule has 0 saturated heterocycles. The highest BCUT2D eigenvalue weighted by molar-refractivity contribution is 5.91. The van der Waals surface area contributed by atoms with Crippen LogP contribution in [0.15, 0.2) is 0 Å². The van der Waals surface area contributed by atoms with E-state index in [-0.39, 0.29) is 0 Å². The zero-order valence-corrected chi connectivity index (χ0v) is 6.91. The van der Waals surface area contributed by atoms with Crippen molar-refractivity contribution in [3.8, 4) is 0 Å². The first-order valence-corrected chi connectivity index (χ1v) is 3.62. The predicted molar refractivity (Wildman–Crippen MR) is 39.0 cm³/mol. The molecule has 5 heteroatoms. The number of carbonyl (C=O) groups excluding carboxylic acids is 2. The van der Waals surface area contributed by atoms with Gasteiger partial charge in [-0.3, -0.25) is 9.59 Å². The van der Waals surface area contributed by atoms with Gasteiger partial charge in [0, 0.05) is 0 Å². The average molecular weight is 176 g/mol. The number of rotatable bonds is 5. The molecule has 0 aliphatic carbocycles. The van der Waals surface area contributed by atoms with Gasteiger partial charge in [0.25, 0.3) is 0 Å². The largest absolute Gasteiger partial charge is 0.465 e. The van der Waals surface area contributed by atoms with Gasteiger partial charge in [0.1, 0.15) is 6.42 Å². The molecule has 0 aromatic carbocycles. The van der Waals surface area contributed by atoms with Crippen LogP contribution in [0.5, 0.6) is 0 Å². The van der Waals surface area contributed by atoms with Crippen molar-refractivity contribution in [1.82, 2.24) is 0 Å². The van der Waals surface area contributed by atoms with Crippen molar-refractivity contribution in [3.05, 3.63) is 0 Å². The van der Waals surface area contributed by atoms with Gasteiger partial charge in [-0.05, 0) is 6.42 Å². The van der Waals surface area contributed by atoms with Gasteiger partial charge >= 0.3 is 11.9 Å². The topological polar surface area (TPSA) is 72.8 Å². The van der Waals surface area contributed by atoms with Crippen molar-refractivity contribution < 1.29 is 24.2 Å². The summed E-state index contributed by atoms with van der Waals surface area (Å²) in [6.45, 7) is 1.43. The average Bonchev–Trinajstić information content (AvgIpc) is 2.01. The molecule has 0 saturated carbocycles. The lowest BCUT2D eigenvalue weighted by Gasteiger charge is -2.01. The van der Waals surface area contributed by atoms with E-state index in [0.717, 1.165) is 0 Å². The molecule has 0 amide bonds. The lowest BCUT2D eigenvalue weighted by atomic mass is 10.4. The Morgan fingerprint density at radius 2 is 1.83 bits per heavy atom. The fourth-order valence-electron chi connectivity index (χ4n) is 0.508. The lowest BCUT2D eigenvalue weighted by molar-refractivity contribution is -0.159. The minimum Gasteiger partial charge on any atom is -0.465 e. The number of ether oxygens (including phenoxy) is 2. The number of esters is 2. The second-order valence-electron chi connectivity index (χ2n) is 2.04. The quantitative estimate of drug-likeness (QED) is 0.357. The third-order valence-electron chi connectivity index (χ3n) is 0.981. The van der Waals surface area contributed by atoms with E-state index in [1.54, 1.807) is 0 Å². The first-order valence-electron chi connectivity index (χ1n) is 3.62. The monoisotopic (exact) mass is 176 g/mol. The van der Waals surface area contributed by atoms with Crippen LogP contribution < -0.4 is 0 Å². The highest BCUT2D eigenvalue weighted by Gasteiger charge is 2.10. The van der Waals surface area contributed by atoms with Gasteiger partial charge in [0.05, 0.1) is 6.61 Å². The number of carbonyl (C=O) groups is 2. The summed E-state index contributed by atoms with van der Waals surface area (Å²) < 4.78 is 8.70. The summed E-state index contributed by atoms with van der Waals surface area (Å²) in [6, 6.07) is 0. The summed E-state index contributed by atoms with van der Waals surface area (Å²) in [6.07, 6.45) is 0.265. The van der Waals surface area contributed by atoms with Gasteiger partial charge in [0.2, 0.25) is 0 Å². The molecule has 0 atom stereocenters. The van der Waals surface area contributed by atoms with Crippen LogP contribution >= 0.6 is 0 Å². The van der Waals surface area contributed by atoms with Gasteiger partial charge in [-0.1, -0.05) is 6.92 Å². The molecular formula is C7H12O5. The second-order valence-corrected chi connectivity index (χ2v) is 2.04. The summed E-state index contributed by atoms with van der Waals surface area (Å²) in [5, 5.41) is 8.13. The van der Waals surface area contributed by atoms with E-state index in [1.807, 2.05) is 6.92 Å². The SMILES string of the molecule is CCCOC(=O)CC(=O)OCO. The first kappa shape index (κ1) is 10.9. The van der Waals surface area contributed by atoms with Crippen molar-refractivity contribution in [2.45, 2.75) is 19.8 Å². The molecule has 5 nitrogen and oxygen atoms in total. The molecule has 0 bridgehead atoms. The first-order chi connectivity index (χ1) is 5.70. The molecule has 0 rings (SSSR count). The van der Waals surface area contributed by atoms with Gasteiger partial charge in [0.15, 0.2) is 6.79 Å². The molecule has 1 N–H and O–H groups in total. The maximum Gasteiger partial charge on any atom is 0.319 e. The van der Waals surface area contributed by atoms with Crippen LogP contribution in [0.1, 0.15) is 19.8 Å². The minimum absolute atomic E-state index is 0.297. The van der Waals surface area contributed by atoms with E-state index in [0.29, 0.717) is 13.0 Å². The Kier molecular flexibility index (Phi) is 6.00. The van der Waals surface area contributed by atoms with Gasteiger partial charge in [-0.25, -0.2) is 0 Å². The van der Waals surface area contributed by atoms with E-state index >= 15 is 0 Å². The third kappa shape index (κ3) is 5.67. The normalized spacial score (nSPS) is 9.17. The number of hydrogen-bond acceptors (Lipinski definition) is 5. The summed E-state index contributed by atoms with van der Waals surface area (Å²) in [5.74, 6) is -1.41. The Morgan fingerprint density at radius 3 is 2.33 bits per heavy atom. The predicted octanol–water partition coefficient (Wildman–Crippen LogP) is -0.177. The van der Waals surface area contributed by atoms with E-state index in [4.69, 9.17) is 5.11 Å². The van der Waals surface area contributed by atoms with Gasteiger partial charge in [-0.15, -0.1) is 0 Å². The lowest BCUT2D eigenvalue weighted by Crippen LogP contribution is -2.14. The smallest absolute Gasteiger partial charge is 0.319 e.